The smallest absolute Gasteiger partial charge is 0.133 e. The largest absolute Gasteiger partial charge is 0.379 e. The van der Waals surface area contributed by atoms with E-state index >= 15 is 0 Å². The van der Waals surface area contributed by atoms with Crippen LogP contribution in [0.3, 0.4) is 0 Å². The van der Waals surface area contributed by atoms with Gasteiger partial charge in [-0.05, 0) is 30.9 Å². The van der Waals surface area contributed by atoms with Gasteiger partial charge in [-0.3, -0.25) is 0 Å². The molecule has 3 rings (SSSR count). The fourth-order valence-corrected chi connectivity index (χ4v) is 2.67. The highest BCUT2D eigenvalue weighted by molar-refractivity contribution is 5.42. The summed E-state index contributed by atoms with van der Waals surface area (Å²) in [6, 6.07) is 8.05. The lowest BCUT2D eigenvalue weighted by atomic mass is 9.92. The van der Waals surface area contributed by atoms with Gasteiger partial charge in [0.05, 0.1) is 11.9 Å². The summed E-state index contributed by atoms with van der Waals surface area (Å²) in [5, 5.41) is 18.8. The quantitative estimate of drug-likeness (QED) is 0.848. The van der Waals surface area contributed by atoms with Gasteiger partial charge in [-0.2, -0.15) is 0 Å². The Bertz CT molecular complexity index is 549. The molecule has 1 N–H and O–H groups in total. The van der Waals surface area contributed by atoms with E-state index in [0.29, 0.717) is 6.42 Å². The Morgan fingerprint density at radius 2 is 2.24 bits per heavy atom. The number of rotatable bonds is 2. The average Bonchev–Trinajstić information content (AvgIpc) is 2.96. The van der Waals surface area contributed by atoms with Gasteiger partial charge in [0.1, 0.15) is 5.60 Å². The molecule has 1 aliphatic rings. The molecule has 88 valence electrons. The van der Waals surface area contributed by atoms with E-state index in [4.69, 9.17) is 0 Å². The summed E-state index contributed by atoms with van der Waals surface area (Å²) < 4.78 is 1.77. The van der Waals surface area contributed by atoms with Crippen LogP contribution in [0, 0.1) is 0 Å². The van der Waals surface area contributed by atoms with Crippen LogP contribution in [-0.4, -0.2) is 20.1 Å². The molecule has 1 atom stereocenters. The predicted octanol–water partition coefficient (Wildman–Crippen LogP) is 1.48. The van der Waals surface area contributed by atoms with Crippen molar-refractivity contribution in [3.8, 4) is 0 Å². The Labute approximate surface area is 99.9 Å². The van der Waals surface area contributed by atoms with Crippen molar-refractivity contribution < 1.29 is 5.11 Å². The molecule has 4 heteroatoms. The number of hydrogen-bond acceptors (Lipinski definition) is 3. The van der Waals surface area contributed by atoms with Gasteiger partial charge in [0.15, 0.2) is 0 Å². The Hall–Kier alpha value is -1.68. The number of benzene rings is 1. The summed E-state index contributed by atoms with van der Waals surface area (Å²) in [4.78, 5) is 0. The minimum Gasteiger partial charge on any atom is -0.379 e. The first-order chi connectivity index (χ1) is 8.25. The maximum absolute atomic E-state index is 10.9. The van der Waals surface area contributed by atoms with Crippen LogP contribution >= 0.6 is 0 Å². The Morgan fingerprint density at radius 3 is 3.06 bits per heavy atom. The predicted molar refractivity (Wildman–Crippen MR) is 63.5 cm³/mol. The van der Waals surface area contributed by atoms with E-state index in [-0.39, 0.29) is 0 Å². The fourth-order valence-electron chi connectivity index (χ4n) is 2.67. The van der Waals surface area contributed by atoms with Gasteiger partial charge in [-0.15, -0.1) is 5.10 Å². The molecule has 1 aromatic heterocycles. The number of fused-ring (bicyclic) bond motifs is 1. The number of aliphatic hydroxyl groups is 1. The van der Waals surface area contributed by atoms with E-state index in [1.807, 2.05) is 25.1 Å². The second-order valence-corrected chi connectivity index (χ2v) is 4.45. The number of aromatic nitrogens is 3. The van der Waals surface area contributed by atoms with E-state index in [2.05, 4.69) is 16.4 Å². The van der Waals surface area contributed by atoms with Crippen molar-refractivity contribution in [1.29, 1.82) is 0 Å². The van der Waals surface area contributed by atoms with Gasteiger partial charge in [-0.1, -0.05) is 29.5 Å². The lowest BCUT2D eigenvalue weighted by Gasteiger charge is -2.24. The van der Waals surface area contributed by atoms with Crippen LogP contribution in [-0.2, 0) is 18.6 Å². The third kappa shape index (κ3) is 1.41. The van der Waals surface area contributed by atoms with Crippen molar-refractivity contribution in [1.82, 2.24) is 15.0 Å². The molecule has 1 aliphatic carbocycles. The van der Waals surface area contributed by atoms with Crippen molar-refractivity contribution in [2.45, 2.75) is 31.9 Å². The molecule has 0 saturated carbocycles. The van der Waals surface area contributed by atoms with Crippen LogP contribution < -0.4 is 0 Å². The normalized spacial score (nSPS) is 22.7. The summed E-state index contributed by atoms with van der Waals surface area (Å²) in [5.41, 5.74) is 2.09. The minimum absolute atomic E-state index is 0.708. The Balaban J connectivity index is 2.15. The third-order valence-corrected chi connectivity index (χ3v) is 3.56. The molecule has 0 radical (unpaired) electrons. The van der Waals surface area contributed by atoms with Gasteiger partial charge in [-0.25, -0.2) is 4.68 Å². The van der Waals surface area contributed by atoms with Gasteiger partial charge < -0.3 is 5.11 Å². The summed E-state index contributed by atoms with van der Waals surface area (Å²) in [5.74, 6) is 0. The third-order valence-electron chi connectivity index (χ3n) is 3.56. The van der Waals surface area contributed by atoms with E-state index in [0.717, 1.165) is 24.2 Å². The standard InChI is InChI=1S/C13H15N3O/c1-2-16-12(9-14-15-16)13(17)8-7-10-5-3-4-6-11(10)13/h3-6,9,17H,2,7-8H2,1H3. The second kappa shape index (κ2) is 3.67. The van der Waals surface area contributed by atoms with Crippen molar-refractivity contribution in [3.05, 3.63) is 47.3 Å². The zero-order valence-corrected chi connectivity index (χ0v) is 9.80. The van der Waals surface area contributed by atoms with E-state index in [9.17, 15) is 5.11 Å². The molecule has 4 nitrogen and oxygen atoms in total. The zero-order chi connectivity index (χ0) is 11.9. The summed E-state index contributed by atoms with van der Waals surface area (Å²) in [6.45, 7) is 2.72. The molecule has 0 spiro atoms. The zero-order valence-electron chi connectivity index (χ0n) is 9.80. The van der Waals surface area contributed by atoms with E-state index in [1.54, 1.807) is 10.9 Å². The van der Waals surface area contributed by atoms with Crippen molar-refractivity contribution >= 4 is 0 Å². The highest BCUT2D eigenvalue weighted by Crippen LogP contribution is 2.41. The number of nitrogens with zero attached hydrogens (tertiary/aromatic N) is 3. The molecule has 1 aromatic carbocycles. The van der Waals surface area contributed by atoms with Crippen molar-refractivity contribution in [2.24, 2.45) is 0 Å². The molecule has 0 amide bonds. The molecule has 0 aliphatic heterocycles. The monoisotopic (exact) mass is 229 g/mol. The van der Waals surface area contributed by atoms with Crippen molar-refractivity contribution in [3.63, 3.8) is 0 Å². The van der Waals surface area contributed by atoms with Gasteiger partial charge in [0.2, 0.25) is 0 Å². The molecular weight excluding hydrogens is 214 g/mol. The first-order valence-corrected chi connectivity index (χ1v) is 5.95. The van der Waals surface area contributed by atoms with Crippen LogP contribution in [0.1, 0.15) is 30.2 Å². The molecule has 2 aromatic rings. The van der Waals surface area contributed by atoms with Gasteiger partial charge in [0.25, 0.3) is 0 Å². The topological polar surface area (TPSA) is 50.9 Å². The fraction of sp³-hybridized carbons (Fsp3) is 0.385. The Kier molecular flexibility index (Phi) is 2.26. The molecule has 1 unspecified atom stereocenters. The molecule has 0 bridgehead atoms. The number of aryl methyl sites for hydroxylation is 2. The summed E-state index contributed by atoms with van der Waals surface area (Å²) in [6.07, 6.45) is 3.28. The SMILES string of the molecule is CCn1nncc1C1(O)CCc2ccccc21. The Morgan fingerprint density at radius 1 is 1.41 bits per heavy atom. The minimum atomic E-state index is -0.921. The molecule has 1 heterocycles. The van der Waals surface area contributed by atoms with Gasteiger partial charge in [0, 0.05) is 6.54 Å². The molecule has 0 saturated heterocycles. The van der Waals surface area contributed by atoms with E-state index < -0.39 is 5.60 Å². The lowest BCUT2D eigenvalue weighted by molar-refractivity contribution is 0.0730. The van der Waals surface area contributed by atoms with Crippen LogP contribution in [0.5, 0.6) is 0 Å². The van der Waals surface area contributed by atoms with E-state index in [1.165, 1.54) is 5.56 Å². The molecule has 0 fully saturated rings. The van der Waals surface area contributed by atoms with Crippen LogP contribution in [0.4, 0.5) is 0 Å². The van der Waals surface area contributed by atoms with Crippen LogP contribution in [0.2, 0.25) is 0 Å². The first-order valence-electron chi connectivity index (χ1n) is 5.95. The highest BCUT2D eigenvalue weighted by atomic mass is 16.3. The maximum Gasteiger partial charge on any atom is 0.133 e. The molecular formula is C13H15N3O. The van der Waals surface area contributed by atoms with Crippen LogP contribution in [0.15, 0.2) is 30.5 Å². The summed E-state index contributed by atoms with van der Waals surface area (Å²) >= 11 is 0. The highest BCUT2D eigenvalue weighted by Gasteiger charge is 2.40. The number of hydrogen-bond donors (Lipinski definition) is 1. The van der Waals surface area contributed by atoms with Crippen LogP contribution in [0.25, 0.3) is 0 Å². The summed E-state index contributed by atoms with van der Waals surface area (Å²) in [7, 11) is 0. The van der Waals surface area contributed by atoms with Gasteiger partial charge >= 0.3 is 0 Å². The van der Waals surface area contributed by atoms with Crippen molar-refractivity contribution in [2.75, 3.05) is 0 Å². The first kappa shape index (κ1) is 10.5. The average molecular weight is 229 g/mol. The lowest BCUT2D eigenvalue weighted by Crippen LogP contribution is -2.27. The maximum atomic E-state index is 10.9. The molecule has 17 heavy (non-hydrogen) atoms. The second-order valence-electron chi connectivity index (χ2n) is 4.45.